The molecule has 5 nitrogen and oxygen atoms in total. The third-order valence-corrected chi connectivity index (χ3v) is 7.31. The summed E-state index contributed by atoms with van der Waals surface area (Å²) in [6.45, 7) is 3.59. The van der Waals surface area contributed by atoms with Gasteiger partial charge in [-0.05, 0) is 37.3 Å². The Labute approximate surface area is 145 Å². The Kier molecular flexibility index (Phi) is 4.41. The third-order valence-electron chi connectivity index (χ3n) is 5.85. The molecule has 0 radical (unpaired) electrons. The molecule has 1 spiro atoms. The SMILES string of the molecule is O=[S+]1([O-])NCC2(CCN(CC3CCCCC3)C2)Nc2ccccc21. The molecule has 1 aromatic carbocycles. The van der Waals surface area contributed by atoms with E-state index >= 15 is 0 Å². The van der Waals surface area contributed by atoms with Crippen LogP contribution in [0.1, 0.15) is 38.5 Å². The summed E-state index contributed by atoms with van der Waals surface area (Å²) in [5.74, 6) is 0.823. The molecule has 2 aliphatic heterocycles. The molecule has 6 heteroatoms. The zero-order valence-corrected chi connectivity index (χ0v) is 14.9. The number of rotatable bonds is 2. The van der Waals surface area contributed by atoms with Crippen LogP contribution in [0, 0.1) is 5.92 Å². The predicted octanol–water partition coefficient (Wildman–Crippen LogP) is 2.63. The molecule has 1 saturated heterocycles. The lowest BCUT2D eigenvalue weighted by Crippen LogP contribution is -2.49. The summed E-state index contributed by atoms with van der Waals surface area (Å²) in [5.41, 5.74) is 0.552. The highest BCUT2D eigenvalue weighted by atomic mass is 32.3. The summed E-state index contributed by atoms with van der Waals surface area (Å²) in [6.07, 6.45) is 7.82. The van der Waals surface area contributed by atoms with Gasteiger partial charge in [0.05, 0.1) is 17.8 Å². The van der Waals surface area contributed by atoms with Gasteiger partial charge in [0.1, 0.15) is 0 Å². The minimum Gasteiger partial charge on any atom is -0.593 e. The number of benzene rings is 1. The standard InChI is InChI=1S/C18H27N3O2S/c22-24(23)17-9-5-4-8-16(17)20-18(13-19-24)10-11-21(14-18)12-15-6-2-1-3-7-15/h4-5,8-9,15,20H,1-3,6-7,10-14H2,(H-,19,22,23). The van der Waals surface area contributed by atoms with Gasteiger partial charge >= 0.3 is 0 Å². The Morgan fingerprint density at radius 2 is 2.04 bits per heavy atom. The molecule has 0 amide bonds. The largest absolute Gasteiger partial charge is 0.593 e. The van der Waals surface area contributed by atoms with Gasteiger partial charge in [0.25, 0.3) is 0 Å². The maximum Gasteiger partial charge on any atom is 0.198 e. The Hall–Kier alpha value is -0.950. The highest BCUT2D eigenvalue weighted by Crippen LogP contribution is 2.35. The summed E-state index contributed by atoms with van der Waals surface area (Å²) < 4.78 is 27.8. The van der Waals surface area contributed by atoms with Crippen LogP contribution in [-0.4, -0.2) is 41.2 Å². The van der Waals surface area contributed by atoms with E-state index in [0.717, 1.165) is 37.7 Å². The number of nitrogens with one attached hydrogen (secondary N) is 2. The molecule has 24 heavy (non-hydrogen) atoms. The van der Waals surface area contributed by atoms with E-state index in [4.69, 9.17) is 0 Å². The second-order valence-corrected chi connectivity index (χ2v) is 9.45. The second-order valence-electron chi connectivity index (χ2n) is 7.72. The van der Waals surface area contributed by atoms with Crippen molar-refractivity contribution >= 4 is 16.1 Å². The van der Waals surface area contributed by atoms with E-state index in [1.54, 1.807) is 12.1 Å². The van der Waals surface area contributed by atoms with Gasteiger partial charge in [-0.3, -0.25) is 0 Å². The van der Waals surface area contributed by atoms with Crippen molar-refractivity contribution in [2.45, 2.75) is 49.0 Å². The van der Waals surface area contributed by atoms with Crippen molar-refractivity contribution in [3.8, 4) is 0 Å². The van der Waals surface area contributed by atoms with E-state index in [1.165, 1.54) is 32.1 Å². The maximum absolute atomic E-state index is 12.5. The van der Waals surface area contributed by atoms with E-state index in [2.05, 4.69) is 14.9 Å². The summed E-state index contributed by atoms with van der Waals surface area (Å²) in [5, 5.41) is 3.57. The van der Waals surface area contributed by atoms with Gasteiger partial charge in [0.2, 0.25) is 0 Å². The van der Waals surface area contributed by atoms with E-state index in [9.17, 15) is 8.76 Å². The lowest BCUT2D eigenvalue weighted by atomic mass is 9.89. The van der Waals surface area contributed by atoms with Gasteiger partial charge in [-0.15, -0.1) is 4.72 Å². The summed E-state index contributed by atoms with van der Waals surface area (Å²) in [4.78, 5) is 2.90. The normalized spacial score (nSPS) is 34.7. The average Bonchev–Trinajstić information content (AvgIpc) is 2.92. The third kappa shape index (κ3) is 3.25. The monoisotopic (exact) mass is 349 g/mol. The lowest BCUT2D eigenvalue weighted by molar-refractivity contribution is 0.226. The van der Waals surface area contributed by atoms with E-state index < -0.39 is 10.4 Å². The molecule has 1 aromatic rings. The zero-order chi connectivity index (χ0) is 16.6. The fraction of sp³-hybridized carbons (Fsp3) is 0.667. The van der Waals surface area contributed by atoms with Crippen molar-refractivity contribution in [1.29, 1.82) is 0 Å². The Morgan fingerprint density at radius 1 is 1.25 bits per heavy atom. The summed E-state index contributed by atoms with van der Waals surface area (Å²) in [6, 6.07) is 7.24. The van der Waals surface area contributed by atoms with Crippen molar-refractivity contribution in [2.24, 2.45) is 5.92 Å². The number of sulfonamides is 1. The molecular formula is C18H27N3O2S. The first-order valence-corrected chi connectivity index (χ1v) is 10.6. The van der Waals surface area contributed by atoms with Crippen molar-refractivity contribution in [3.63, 3.8) is 0 Å². The van der Waals surface area contributed by atoms with E-state index in [-0.39, 0.29) is 5.54 Å². The fourth-order valence-corrected chi connectivity index (χ4v) is 5.83. The number of hydrogen-bond acceptors (Lipinski definition) is 4. The molecule has 1 saturated carbocycles. The van der Waals surface area contributed by atoms with Crippen molar-refractivity contribution in [3.05, 3.63) is 24.3 Å². The van der Waals surface area contributed by atoms with Gasteiger partial charge in [-0.25, -0.2) is 0 Å². The molecule has 2 fully saturated rings. The summed E-state index contributed by atoms with van der Waals surface area (Å²) in [7, 11) is -3.42. The van der Waals surface area contributed by atoms with Gasteiger partial charge in [-0.1, -0.05) is 35.6 Å². The van der Waals surface area contributed by atoms with Crippen LogP contribution in [0.4, 0.5) is 5.69 Å². The molecule has 0 bridgehead atoms. The number of anilines is 1. The molecule has 2 heterocycles. The van der Waals surface area contributed by atoms with Crippen LogP contribution < -0.4 is 10.0 Å². The Bertz CT molecular complexity index is 647. The zero-order valence-electron chi connectivity index (χ0n) is 14.1. The first-order valence-electron chi connectivity index (χ1n) is 9.16. The number of likely N-dealkylation sites (tertiary alicyclic amines) is 1. The van der Waals surface area contributed by atoms with Crippen LogP contribution in [0.15, 0.2) is 29.2 Å². The van der Waals surface area contributed by atoms with Gasteiger partial charge in [0, 0.05) is 19.6 Å². The summed E-state index contributed by atoms with van der Waals surface area (Å²) >= 11 is 0. The molecule has 1 aliphatic carbocycles. The topological polar surface area (TPSA) is 67.4 Å². The lowest BCUT2D eigenvalue weighted by Gasteiger charge is -2.31. The smallest absolute Gasteiger partial charge is 0.198 e. The Morgan fingerprint density at radius 3 is 2.88 bits per heavy atom. The highest BCUT2D eigenvalue weighted by molar-refractivity contribution is 7.96. The maximum atomic E-state index is 12.5. The molecular weight excluding hydrogens is 322 g/mol. The number of para-hydroxylation sites is 1. The first kappa shape index (κ1) is 16.5. The van der Waals surface area contributed by atoms with Crippen LogP contribution in [-0.2, 0) is 14.6 Å². The molecule has 132 valence electrons. The minimum absolute atomic E-state index is 0.186. The number of fused-ring (bicyclic) bond motifs is 1. The van der Waals surface area contributed by atoms with Crippen LogP contribution in [0.2, 0.25) is 0 Å². The molecule has 3 aliphatic rings. The van der Waals surface area contributed by atoms with Crippen molar-refractivity contribution < 1.29 is 8.76 Å². The molecule has 4 rings (SSSR count). The van der Waals surface area contributed by atoms with E-state index in [0.29, 0.717) is 11.4 Å². The average molecular weight is 350 g/mol. The van der Waals surface area contributed by atoms with Gasteiger partial charge < -0.3 is 14.8 Å². The van der Waals surface area contributed by atoms with Crippen molar-refractivity contribution in [1.82, 2.24) is 9.62 Å². The number of hydrogen-bond donors (Lipinski definition) is 2. The molecule has 2 unspecified atom stereocenters. The van der Waals surface area contributed by atoms with Crippen molar-refractivity contribution in [2.75, 3.05) is 31.5 Å². The van der Waals surface area contributed by atoms with Gasteiger partial charge in [0.15, 0.2) is 15.3 Å². The van der Waals surface area contributed by atoms with Crippen LogP contribution in [0.3, 0.4) is 0 Å². The first-order chi connectivity index (χ1) is 11.6. The predicted molar refractivity (Wildman–Crippen MR) is 95.5 cm³/mol. The van der Waals surface area contributed by atoms with Crippen LogP contribution >= 0.6 is 0 Å². The molecule has 2 N–H and O–H groups in total. The highest BCUT2D eigenvalue weighted by Gasteiger charge is 2.44. The molecule has 2 atom stereocenters. The molecule has 0 aromatic heterocycles. The Balaban J connectivity index is 1.49. The van der Waals surface area contributed by atoms with Gasteiger partial charge in [-0.2, -0.15) is 0 Å². The van der Waals surface area contributed by atoms with Crippen LogP contribution in [0.25, 0.3) is 0 Å². The minimum atomic E-state index is -3.42. The van der Waals surface area contributed by atoms with Crippen LogP contribution in [0.5, 0.6) is 0 Å². The number of nitrogens with zero attached hydrogens (tertiary/aromatic N) is 1. The quantitative estimate of drug-likeness (QED) is 0.806. The second kappa shape index (κ2) is 6.41. The van der Waals surface area contributed by atoms with E-state index in [1.807, 2.05) is 12.1 Å². The fourth-order valence-electron chi connectivity index (χ4n) is 4.54.